The minimum absolute atomic E-state index is 0.338. The van der Waals surface area contributed by atoms with Gasteiger partial charge in [-0.1, -0.05) is 28.9 Å². The van der Waals surface area contributed by atoms with Crippen molar-refractivity contribution in [2.75, 3.05) is 10.6 Å². The van der Waals surface area contributed by atoms with Crippen molar-refractivity contribution in [3.63, 3.8) is 0 Å². The van der Waals surface area contributed by atoms with Crippen LogP contribution in [0.15, 0.2) is 41.1 Å². The molecule has 0 aliphatic rings. The highest BCUT2D eigenvalue weighted by Gasteiger charge is 2.06. The van der Waals surface area contributed by atoms with Crippen LogP contribution in [0.25, 0.3) is 0 Å². The molecule has 82 valence electrons. The second-order valence-corrected chi connectivity index (χ2v) is 3.35. The number of anilines is 2. The molecule has 2 rings (SSSR count). The van der Waals surface area contributed by atoms with Gasteiger partial charge in [-0.3, -0.25) is 5.32 Å². The molecule has 0 unspecified atom stereocenters. The van der Waals surface area contributed by atoms with E-state index in [-0.39, 0.29) is 0 Å². The van der Waals surface area contributed by atoms with E-state index in [0.29, 0.717) is 16.5 Å². The van der Waals surface area contributed by atoms with Gasteiger partial charge in [-0.25, -0.2) is 4.79 Å². The smallest absolute Gasteiger partial charge is 0.324 e. The molecule has 0 aliphatic carbocycles. The van der Waals surface area contributed by atoms with Crippen LogP contribution in [0, 0.1) is 0 Å². The van der Waals surface area contributed by atoms with Gasteiger partial charge in [0.2, 0.25) is 0 Å². The molecule has 2 amide bonds. The van der Waals surface area contributed by atoms with Crippen LogP contribution < -0.4 is 10.6 Å². The normalized spacial score (nSPS) is 9.81. The van der Waals surface area contributed by atoms with E-state index in [4.69, 9.17) is 11.6 Å². The second kappa shape index (κ2) is 4.67. The summed E-state index contributed by atoms with van der Waals surface area (Å²) in [5, 5.41) is 9.08. The molecule has 1 aromatic heterocycles. The number of hydrogen-bond acceptors (Lipinski definition) is 3. The van der Waals surface area contributed by atoms with Crippen LogP contribution in [0.5, 0.6) is 0 Å². The summed E-state index contributed by atoms with van der Waals surface area (Å²) in [6.07, 6.45) is 1.37. The van der Waals surface area contributed by atoms with Crippen molar-refractivity contribution in [1.29, 1.82) is 0 Å². The highest BCUT2D eigenvalue weighted by molar-refractivity contribution is 6.33. The summed E-state index contributed by atoms with van der Waals surface area (Å²) in [5.74, 6) is 0.338. The minimum atomic E-state index is -0.429. The van der Waals surface area contributed by atoms with E-state index in [2.05, 4.69) is 20.3 Å². The number of carbonyl (C=O) groups excluding carboxylic acids is 1. The topological polar surface area (TPSA) is 67.2 Å². The van der Waals surface area contributed by atoms with E-state index < -0.39 is 6.03 Å². The van der Waals surface area contributed by atoms with Gasteiger partial charge in [0, 0.05) is 6.07 Å². The Morgan fingerprint density at radius 1 is 1.25 bits per heavy atom. The van der Waals surface area contributed by atoms with Crippen LogP contribution in [-0.2, 0) is 0 Å². The number of halogens is 1. The Kier molecular flexibility index (Phi) is 3.07. The highest BCUT2D eigenvalue weighted by Crippen LogP contribution is 2.20. The molecule has 2 N–H and O–H groups in total. The van der Waals surface area contributed by atoms with Crippen LogP contribution in [0.1, 0.15) is 0 Å². The standard InChI is InChI=1S/C10H8ClN3O2/c11-7-3-1-2-4-8(7)12-10(15)13-9-5-6-16-14-9/h1-6H,(H2,12,13,14,15). The number of hydrogen-bond donors (Lipinski definition) is 2. The predicted octanol–water partition coefficient (Wildman–Crippen LogP) is 2.97. The summed E-state index contributed by atoms with van der Waals surface area (Å²) in [6, 6.07) is 8.05. The van der Waals surface area contributed by atoms with Crippen molar-refractivity contribution in [1.82, 2.24) is 5.16 Å². The van der Waals surface area contributed by atoms with Gasteiger partial charge in [-0.15, -0.1) is 0 Å². The summed E-state index contributed by atoms with van der Waals surface area (Å²) in [4.78, 5) is 11.5. The molecule has 0 radical (unpaired) electrons. The van der Waals surface area contributed by atoms with E-state index in [1.165, 1.54) is 12.3 Å². The maximum absolute atomic E-state index is 11.5. The molecule has 0 fully saturated rings. The van der Waals surface area contributed by atoms with Gasteiger partial charge >= 0.3 is 6.03 Å². The second-order valence-electron chi connectivity index (χ2n) is 2.94. The lowest BCUT2D eigenvalue weighted by molar-refractivity contribution is 0.262. The monoisotopic (exact) mass is 237 g/mol. The van der Waals surface area contributed by atoms with Crippen molar-refractivity contribution in [2.45, 2.75) is 0 Å². The molecule has 5 nitrogen and oxygen atoms in total. The van der Waals surface area contributed by atoms with E-state index in [1.807, 2.05) is 0 Å². The summed E-state index contributed by atoms with van der Waals surface area (Å²) >= 11 is 5.87. The Morgan fingerprint density at radius 2 is 2.06 bits per heavy atom. The number of urea groups is 1. The Bertz CT molecular complexity index is 485. The summed E-state index contributed by atoms with van der Waals surface area (Å²) in [6.45, 7) is 0. The van der Waals surface area contributed by atoms with E-state index in [0.717, 1.165) is 0 Å². The quantitative estimate of drug-likeness (QED) is 0.844. The molecule has 0 saturated heterocycles. The maximum atomic E-state index is 11.5. The van der Waals surface area contributed by atoms with Crippen LogP contribution in [0.4, 0.5) is 16.3 Å². The summed E-state index contributed by atoms with van der Waals surface area (Å²) in [7, 11) is 0. The fraction of sp³-hybridized carbons (Fsp3) is 0. The van der Waals surface area contributed by atoms with Crippen LogP contribution >= 0.6 is 11.6 Å². The highest BCUT2D eigenvalue weighted by atomic mass is 35.5. The minimum Gasteiger partial charge on any atom is -0.363 e. The van der Waals surface area contributed by atoms with Crippen molar-refractivity contribution in [2.24, 2.45) is 0 Å². The lowest BCUT2D eigenvalue weighted by Gasteiger charge is -2.06. The zero-order chi connectivity index (χ0) is 11.4. The number of carbonyl (C=O) groups is 1. The Balaban J connectivity index is 2.00. The summed E-state index contributed by atoms with van der Waals surface area (Å²) in [5.41, 5.74) is 0.533. The zero-order valence-corrected chi connectivity index (χ0v) is 8.86. The molecule has 16 heavy (non-hydrogen) atoms. The molecular weight excluding hydrogens is 230 g/mol. The first-order valence-electron chi connectivity index (χ1n) is 4.48. The molecule has 1 heterocycles. The average Bonchev–Trinajstić information content (AvgIpc) is 2.74. The fourth-order valence-electron chi connectivity index (χ4n) is 1.11. The van der Waals surface area contributed by atoms with E-state index in [9.17, 15) is 4.79 Å². The molecule has 0 spiro atoms. The number of rotatable bonds is 2. The van der Waals surface area contributed by atoms with Gasteiger partial charge in [0.05, 0.1) is 10.7 Å². The van der Waals surface area contributed by atoms with Gasteiger partial charge in [-0.05, 0) is 12.1 Å². The Labute approximate surface area is 96.4 Å². The number of benzene rings is 1. The van der Waals surface area contributed by atoms with Crippen molar-refractivity contribution >= 4 is 29.1 Å². The molecule has 0 bridgehead atoms. The largest absolute Gasteiger partial charge is 0.363 e. The molecule has 0 atom stereocenters. The number of nitrogens with zero attached hydrogens (tertiary/aromatic N) is 1. The first-order chi connectivity index (χ1) is 7.75. The molecule has 6 heteroatoms. The Hall–Kier alpha value is -2.01. The third kappa shape index (κ3) is 2.52. The van der Waals surface area contributed by atoms with Gasteiger partial charge in [0.15, 0.2) is 5.82 Å². The first kappa shape index (κ1) is 10.5. The van der Waals surface area contributed by atoms with Gasteiger partial charge in [0.25, 0.3) is 0 Å². The predicted molar refractivity (Wildman–Crippen MR) is 60.6 cm³/mol. The molecule has 1 aromatic carbocycles. The third-order valence-corrected chi connectivity index (χ3v) is 2.13. The number of amides is 2. The number of nitrogens with one attached hydrogen (secondary N) is 2. The average molecular weight is 238 g/mol. The third-order valence-electron chi connectivity index (χ3n) is 1.80. The van der Waals surface area contributed by atoms with Crippen molar-refractivity contribution < 1.29 is 9.32 Å². The lowest BCUT2D eigenvalue weighted by atomic mass is 10.3. The van der Waals surface area contributed by atoms with Gasteiger partial charge in [0.1, 0.15) is 6.26 Å². The molecule has 2 aromatic rings. The van der Waals surface area contributed by atoms with Crippen LogP contribution in [-0.4, -0.2) is 11.2 Å². The van der Waals surface area contributed by atoms with Crippen LogP contribution in [0.2, 0.25) is 5.02 Å². The van der Waals surface area contributed by atoms with E-state index in [1.54, 1.807) is 24.3 Å². The van der Waals surface area contributed by atoms with E-state index >= 15 is 0 Å². The molecule has 0 aliphatic heterocycles. The SMILES string of the molecule is O=C(Nc1ccon1)Nc1ccccc1Cl. The van der Waals surface area contributed by atoms with Gasteiger partial charge < -0.3 is 9.84 Å². The number of aromatic nitrogens is 1. The fourth-order valence-corrected chi connectivity index (χ4v) is 1.29. The van der Waals surface area contributed by atoms with Gasteiger partial charge in [-0.2, -0.15) is 0 Å². The number of para-hydroxylation sites is 1. The first-order valence-corrected chi connectivity index (χ1v) is 4.86. The zero-order valence-electron chi connectivity index (χ0n) is 8.11. The van der Waals surface area contributed by atoms with Crippen molar-refractivity contribution in [3.8, 4) is 0 Å². The Morgan fingerprint density at radius 3 is 2.75 bits per heavy atom. The van der Waals surface area contributed by atoms with Crippen LogP contribution in [0.3, 0.4) is 0 Å². The summed E-state index contributed by atoms with van der Waals surface area (Å²) < 4.78 is 4.57. The molecular formula is C10H8ClN3O2. The maximum Gasteiger partial charge on any atom is 0.324 e. The van der Waals surface area contributed by atoms with Crippen molar-refractivity contribution in [3.05, 3.63) is 41.6 Å². The lowest BCUT2D eigenvalue weighted by Crippen LogP contribution is -2.19. The molecule has 0 saturated carbocycles.